The molecule has 0 unspecified atom stereocenters. The fourth-order valence-corrected chi connectivity index (χ4v) is 3.22. The van der Waals surface area contributed by atoms with Crippen molar-refractivity contribution < 1.29 is 23.5 Å². The number of aromatic nitrogens is 1. The molecule has 2 heterocycles. The number of halogens is 1. The van der Waals surface area contributed by atoms with Crippen LogP contribution >= 0.6 is 11.6 Å². The van der Waals surface area contributed by atoms with Gasteiger partial charge in [0.25, 0.3) is 5.91 Å². The second kappa shape index (κ2) is 8.87. The summed E-state index contributed by atoms with van der Waals surface area (Å²) < 4.78 is 21.9. The van der Waals surface area contributed by atoms with E-state index in [2.05, 4.69) is 10.5 Å². The summed E-state index contributed by atoms with van der Waals surface area (Å²) in [6, 6.07) is 14.2. The van der Waals surface area contributed by atoms with Crippen molar-refractivity contribution in [2.24, 2.45) is 0 Å². The average Bonchev–Trinajstić information content (AvgIpc) is 3.42. The quantitative estimate of drug-likeness (QED) is 0.589. The zero-order valence-electron chi connectivity index (χ0n) is 16.6. The first kappa shape index (κ1) is 20.4. The first-order chi connectivity index (χ1) is 14.5. The van der Waals surface area contributed by atoms with Crippen LogP contribution in [0.1, 0.15) is 36.2 Å². The van der Waals surface area contributed by atoms with Crippen molar-refractivity contribution in [3.8, 4) is 17.1 Å². The Kier molecular flexibility index (Phi) is 6.03. The van der Waals surface area contributed by atoms with Gasteiger partial charge in [0.2, 0.25) is 0 Å². The third-order valence-electron chi connectivity index (χ3n) is 4.38. The molecule has 0 atom stereocenters. The molecule has 0 bridgehead atoms. The number of nitrogens with one attached hydrogen (secondary N) is 1. The van der Waals surface area contributed by atoms with Gasteiger partial charge in [0, 0.05) is 22.9 Å². The van der Waals surface area contributed by atoms with Gasteiger partial charge in [0.1, 0.15) is 5.75 Å². The lowest BCUT2D eigenvalue weighted by Gasteiger charge is -2.12. The number of hydrogen-bond acceptors (Lipinski definition) is 6. The molecule has 7 nitrogen and oxygen atoms in total. The van der Waals surface area contributed by atoms with Crippen molar-refractivity contribution in [2.75, 3.05) is 18.5 Å². The highest BCUT2D eigenvalue weighted by molar-refractivity contribution is 6.32. The van der Waals surface area contributed by atoms with Crippen molar-refractivity contribution in [1.82, 2.24) is 5.16 Å². The minimum atomic E-state index is -0.400. The Morgan fingerprint density at radius 2 is 1.87 bits per heavy atom. The van der Waals surface area contributed by atoms with Gasteiger partial charge in [0.05, 0.1) is 24.3 Å². The molecule has 0 saturated carbocycles. The average molecular weight is 429 g/mol. The fraction of sp³-hybridized carbons (Fsp3) is 0.273. The number of benzene rings is 2. The van der Waals surface area contributed by atoms with Crippen LogP contribution in [0.2, 0.25) is 5.02 Å². The zero-order valence-corrected chi connectivity index (χ0v) is 17.3. The molecule has 30 heavy (non-hydrogen) atoms. The van der Waals surface area contributed by atoms with Crippen LogP contribution in [-0.4, -0.2) is 30.4 Å². The second-order valence-corrected chi connectivity index (χ2v) is 7.45. The van der Waals surface area contributed by atoms with Gasteiger partial charge in [-0.3, -0.25) is 4.79 Å². The maximum Gasteiger partial charge on any atom is 0.277 e. The van der Waals surface area contributed by atoms with Crippen LogP contribution in [0.25, 0.3) is 11.3 Å². The molecule has 1 aliphatic rings. The summed E-state index contributed by atoms with van der Waals surface area (Å²) in [6.07, 6.45) is -0.331. The van der Waals surface area contributed by atoms with E-state index >= 15 is 0 Å². The monoisotopic (exact) mass is 428 g/mol. The third-order valence-corrected chi connectivity index (χ3v) is 4.68. The van der Waals surface area contributed by atoms with Crippen LogP contribution in [0, 0.1) is 0 Å². The van der Waals surface area contributed by atoms with Crippen molar-refractivity contribution in [3.63, 3.8) is 0 Å². The Balaban J connectivity index is 1.43. The highest BCUT2D eigenvalue weighted by Crippen LogP contribution is 2.29. The summed E-state index contributed by atoms with van der Waals surface area (Å²) in [5, 5.41) is 7.04. The normalized spacial score (nSPS) is 14.3. The lowest BCUT2D eigenvalue weighted by atomic mass is 10.1. The molecule has 3 aromatic rings. The van der Waals surface area contributed by atoms with E-state index in [0.29, 0.717) is 35.4 Å². The summed E-state index contributed by atoms with van der Waals surface area (Å²) in [4.78, 5) is 12.5. The first-order valence-corrected chi connectivity index (χ1v) is 9.95. The standard InChI is InChI=1S/C22H21ClN2O5/c1-13(2)29-19-8-7-16(11-17(19)23)24-21(26)18-12-20(30-25-18)14-3-5-15(6-4-14)22-27-9-10-28-22/h3-8,11-13,22H,9-10H2,1-2H3,(H,24,26). The predicted molar refractivity (Wildman–Crippen MR) is 112 cm³/mol. The number of amides is 1. The van der Waals surface area contributed by atoms with Crippen LogP contribution in [0.15, 0.2) is 53.1 Å². The number of nitrogens with zero attached hydrogens (tertiary/aromatic N) is 1. The van der Waals surface area contributed by atoms with E-state index in [0.717, 1.165) is 11.1 Å². The summed E-state index contributed by atoms with van der Waals surface area (Å²) in [5.41, 5.74) is 2.42. The predicted octanol–water partition coefficient (Wildman–Crippen LogP) is 5.08. The van der Waals surface area contributed by atoms with Gasteiger partial charge in [-0.25, -0.2) is 0 Å². The maximum absolute atomic E-state index is 12.5. The number of anilines is 1. The first-order valence-electron chi connectivity index (χ1n) is 9.57. The highest BCUT2D eigenvalue weighted by atomic mass is 35.5. The molecule has 1 saturated heterocycles. The minimum Gasteiger partial charge on any atom is -0.489 e. The molecule has 1 N–H and O–H groups in total. The van der Waals surface area contributed by atoms with Crippen LogP contribution < -0.4 is 10.1 Å². The van der Waals surface area contributed by atoms with E-state index in [4.69, 9.17) is 30.3 Å². The van der Waals surface area contributed by atoms with Gasteiger partial charge >= 0.3 is 0 Å². The van der Waals surface area contributed by atoms with Gasteiger partial charge in [-0.1, -0.05) is 41.0 Å². The topological polar surface area (TPSA) is 82.8 Å². The molecule has 1 amide bonds. The highest BCUT2D eigenvalue weighted by Gasteiger charge is 2.19. The molecule has 1 aliphatic heterocycles. The van der Waals surface area contributed by atoms with E-state index in [1.54, 1.807) is 24.3 Å². The zero-order chi connectivity index (χ0) is 21.1. The SMILES string of the molecule is CC(C)Oc1ccc(NC(=O)c2cc(-c3ccc(C4OCCO4)cc3)on2)cc1Cl. The van der Waals surface area contributed by atoms with Crippen LogP contribution in [0.4, 0.5) is 5.69 Å². The van der Waals surface area contributed by atoms with Crippen molar-refractivity contribution in [1.29, 1.82) is 0 Å². The van der Waals surface area contributed by atoms with Gasteiger partial charge in [0.15, 0.2) is 17.7 Å². The van der Waals surface area contributed by atoms with Crippen molar-refractivity contribution >= 4 is 23.2 Å². The largest absolute Gasteiger partial charge is 0.489 e. The lowest BCUT2D eigenvalue weighted by Crippen LogP contribution is -2.12. The molecule has 8 heteroatoms. The van der Waals surface area contributed by atoms with Crippen LogP contribution in [-0.2, 0) is 9.47 Å². The maximum atomic E-state index is 12.5. The molecule has 1 fully saturated rings. The molecule has 0 aliphatic carbocycles. The number of rotatable bonds is 6. The second-order valence-electron chi connectivity index (χ2n) is 7.04. The van der Waals surface area contributed by atoms with Gasteiger partial charge < -0.3 is 24.1 Å². The van der Waals surface area contributed by atoms with E-state index in [-0.39, 0.29) is 18.1 Å². The molecule has 0 radical (unpaired) electrons. The Morgan fingerprint density at radius 1 is 1.13 bits per heavy atom. The Bertz CT molecular complexity index is 1030. The van der Waals surface area contributed by atoms with E-state index in [1.165, 1.54) is 0 Å². The smallest absolute Gasteiger partial charge is 0.277 e. The Hall–Kier alpha value is -2.87. The number of ether oxygens (including phenoxy) is 3. The van der Waals surface area contributed by atoms with Gasteiger partial charge in [-0.2, -0.15) is 0 Å². The lowest BCUT2D eigenvalue weighted by molar-refractivity contribution is -0.0441. The molecule has 156 valence electrons. The Labute approximate surface area is 178 Å². The number of carbonyl (C=O) groups excluding carboxylic acids is 1. The van der Waals surface area contributed by atoms with E-state index in [9.17, 15) is 4.79 Å². The summed E-state index contributed by atoms with van der Waals surface area (Å²) >= 11 is 6.22. The minimum absolute atomic E-state index is 0.00349. The molecule has 1 aromatic heterocycles. The molecular formula is C22H21ClN2O5. The third kappa shape index (κ3) is 4.64. The van der Waals surface area contributed by atoms with Gasteiger partial charge in [-0.15, -0.1) is 0 Å². The molecule has 2 aromatic carbocycles. The van der Waals surface area contributed by atoms with Crippen LogP contribution in [0.3, 0.4) is 0 Å². The van der Waals surface area contributed by atoms with E-state index in [1.807, 2.05) is 38.1 Å². The summed E-state index contributed by atoms with van der Waals surface area (Å²) in [7, 11) is 0. The fourth-order valence-electron chi connectivity index (χ4n) is 3.00. The summed E-state index contributed by atoms with van der Waals surface area (Å²) in [6.45, 7) is 5.01. The molecule has 0 spiro atoms. The summed E-state index contributed by atoms with van der Waals surface area (Å²) in [5.74, 6) is 0.645. The van der Waals surface area contributed by atoms with Crippen LogP contribution in [0.5, 0.6) is 5.75 Å². The van der Waals surface area contributed by atoms with Gasteiger partial charge in [-0.05, 0) is 32.0 Å². The number of carbonyl (C=O) groups is 1. The van der Waals surface area contributed by atoms with Crippen molar-refractivity contribution in [3.05, 3.63) is 64.8 Å². The van der Waals surface area contributed by atoms with Crippen molar-refractivity contribution in [2.45, 2.75) is 26.2 Å². The Morgan fingerprint density at radius 3 is 2.53 bits per heavy atom. The number of hydrogen-bond donors (Lipinski definition) is 1. The molecular weight excluding hydrogens is 408 g/mol. The van der Waals surface area contributed by atoms with E-state index < -0.39 is 5.91 Å². The molecule has 4 rings (SSSR count).